The topological polar surface area (TPSA) is 82.9 Å². The third kappa shape index (κ3) is 9.81. The second-order valence-electron chi connectivity index (χ2n) is 12.3. The molecule has 1 aliphatic rings. The fraction of sp³-hybridized carbons (Fsp3) is 0.455. The molecule has 1 aromatic heterocycles. The summed E-state index contributed by atoms with van der Waals surface area (Å²) in [7, 11) is 0. The molecule has 8 heteroatoms. The van der Waals surface area contributed by atoms with Crippen LogP contribution in [0.5, 0.6) is 5.75 Å². The van der Waals surface area contributed by atoms with E-state index in [9.17, 15) is 14.3 Å². The standard InChI is InChI=1S/C29H32F2N2O3.C4H10O/c1-19-23(17-27(34)35)28(33-13-11-29(2,3)12-14-33)24(18-32-19)21-6-9-26(25(31)16-21)36-15-10-20-4-7-22(30)8-5-20;1-4(2,3)5/h4-9,16,18H,10-15,17H2,1-3H3,(H,34,35);5H,1-3H3. The van der Waals surface area contributed by atoms with Crippen molar-refractivity contribution in [3.63, 3.8) is 0 Å². The molecule has 0 unspecified atom stereocenters. The van der Waals surface area contributed by atoms with E-state index in [1.807, 2.05) is 6.92 Å². The van der Waals surface area contributed by atoms with Gasteiger partial charge in [0.2, 0.25) is 0 Å². The maximum absolute atomic E-state index is 15.1. The molecule has 4 rings (SSSR count). The van der Waals surface area contributed by atoms with Gasteiger partial charge in [-0.2, -0.15) is 0 Å². The molecule has 0 spiro atoms. The molecule has 0 aliphatic carbocycles. The van der Waals surface area contributed by atoms with Gasteiger partial charge in [0.1, 0.15) is 5.82 Å². The Labute approximate surface area is 242 Å². The molecular formula is C33H42F2N2O4. The van der Waals surface area contributed by atoms with E-state index in [0.717, 1.165) is 37.2 Å². The molecule has 2 heterocycles. The molecule has 222 valence electrons. The van der Waals surface area contributed by atoms with Gasteiger partial charge in [-0.25, -0.2) is 8.78 Å². The molecule has 0 radical (unpaired) electrons. The number of carbonyl (C=O) groups is 1. The lowest BCUT2D eigenvalue weighted by molar-refractivity contribution is -0.136. The first-order valence-corrected chi connectivity index (χ1v) is 14.0. The highest BCUT2D eigenvalue weighted by Crippen LogP contribution is 2.40. The monoisotopic (exact) mass is 568 g/mol. The van der Waals surface area contributed by atoms with Gasteiger partial charge in [0.05, 0.1) is 24.3 Å². The molecule has 0 bridgehead atoms. The molecule has 0 atom stereocenters. The normalized spacial score (nSPS) is 14.7. The van der Waals surface area contributed by atoms with Crippen LogP contribution in [-0.4, -0.2) is 46.5 Å². The number of rotatable bonds is 8. The number of aliphatic carboxylic acids is 1. The molecule has 2 N–H and O–H groups in total. The van der Waals surface area contributed by atoms with Gasteiger partial charge < -0.3 is 19.8 Å². The second-order valence-corrected chi connectivity index (χ2v) is 12.3. The predicted octanol–water partition coefficient (Wildman–Crippen LogP) is 6.99. The van der Waals surface area contributed by atoms with Crippen LogP contribution in [0, 0.1) is 24.0 Å². The van der Waals surface area contributed by atoms with E-state index in [4.69, 9.17) is 9.84 Å². The first kappa shape index (κ1) is 32.0. The van der Waals surface area contributed by atoms with Crippen molar-refractivity contribution in [1.29, 1.82) is 0 Å². The molecule has 1 saturated heterocycles. The summed E-state index contributed by atoms with van der Waals surface area (Å²) in [5.74, 6) is -1.59. The summed E-state index contributed by atoms with van der Waals surface area (Å²) in [6, 6.07) is 10.9. The number of aliphatic hydroxyl groups is 1. The molecule has 0 amide bonds. The van der Waals surface area contributed by atoms with E-state index in [2.05, 4.69) is 23.7 Å². The number of hydrogen-bond acceptors (Lipinski definition) is 5. The number of hydrogen-bond donors (Lipinski definition) is 2. The van der Waals surface area contributed by atoms with Crippen molar-refractivity contribution in [2.45, 2.75) is 72.8 Å². The van der Waals surface area contributed by atoms with Crippen molar-refractivity contribution in [3.05, 3.63) is 77.1 Å². The summed E-state index contributed by atoms with van der Waals surface area (Å²) >= 11 is 0. The number of nitrogens with zero attached hydrogens (tertiary/aromatic N) is 2. The summed E-state index contributed by atoms with van der Waals surface area (Å²) in [5.41, 5.74) is 4.13. The van der Waals surface area contributed by atoms with E-state index >= 15 is 4.39 Å². The van der Waals surface area contributed by atoms with Gasteiger partial charge in [0, 0.05) is 42.5 Å². The molecule has 41 heavy (non-hydrogen) atoms. The number of aryl methyl sites for hydroxylation is 1. The Morgan fingerprint density at radius 2 is 1.68 bits per heavy atom. The number of aromatic nitrogens is 1. The van der Waals surface area contributed by atoms with Crippen LogP contribution < -0.4 is 9.64 Å². The zero-order valence-corrected chi connectivity index (χ0v) is 24.9. The summed E-state index contributed by atoms with van der Waals surface area (Å²) in [6.07, 6.45) is 4.05. The Balaban J connectivity index is 0.000000850. The maximum Gasteiger partial charge on any atom is 0.307 e. The number of ether oxygens (including phenoxy) is 1. The molecule has 6 nitrogen and oxygen atoms in total. The van der Waals surface area contributed by atoms with Gasteiger partial charge in [-0.15, -0.1) is 0 Å². The minimum atomic E-state index is -0.924. The Kier molecular flexibility index (Phi) is 10.5. The van der Waals surface area contributed by atoms with Crippen LogP contribution in [0.25, 0.3) is 11.1 Å². The fourth-order valence-electron chi connectivity index (χ4n) is 4.62. The molecule has 3 aromatic rings. The minimum Gasteiger partial charge on any atom is -0.490 e. The summed E-state index contributed by atoms with van der Waals surface area (Å²) < 4.78 is 33.8. The molecule has 0 saturated carbocycles. The number of benzene rings is 2. The third-order valence-electron chi connectivity index (χ3n) is 6.93. The van der Waals surface area contributed by atoms with Gasteiger partial charge in [-0.3, -0.25) is 9.78 Å². The lowest BCUT2D eigenvalue weighted by Crippen LogP contribution is -2.38. The molecule has 2 aromatic carbocycles. The molecule has 1 fully saturated rings. The molecule has 1 aliphatic heterocycles. The van der Waals surface area contributed by atoms with E-state index in [1.54, 1.807) is 51.2 Å². The SMILES string of the molecule is CC(C)(C)O.Cc1ncc(-c2ccc(OCCc3ccc(F)cc3)c(F)c2)c(N2CCC(C)(C)CC2)c1CC(=O)O. The average molecular weight is 569 g/mol. The van der Waals surface area contributed by atoms with Crippen LogP contribution in [0.15, 0.2) is 48.7 Å². The highest BCUT2D eigenvalue weighted by atomic mass is 19.1. The van der Waals surface area contributed by atoms with Gasteiger partial charge in [0.25, 0.3) is 0 Å². The van der Waals surface area contributed by atoms with Gasteiger partial charge in [0.15, 0.2) is 11.6 Å². The largest absolute Gasteiger partial charge is 0.490 e. The Morgan fingerprint density at radius 1 is 1.07 bits per heavy atom. The van der Waals surface area contributed by atoms with Crippen molar-refractivity contribution in [1.82, 2.24) is 4.98 Å². The van der Waals surface area contributed by atoms with Crippen molar-refractivity contribution < 1.29 is 28.5 Å². The highest BCUT2D eigenvalue weighted by Gasteiger charge is 2.29. The lowest BCUT2D eigenvalue weighted by atomic mass is 9.82. The molecular weight excluding hydrogens is 526 g/mol. The maximum atomic E-state index is 15.1. The van der Waals surface area contributed by atoms with E-state index < -0.39 is 17.4 Å². The quantitative estimate of drug-likeness (QED) is 0.305. The Morgan fingerprint density at radius 3 is 2.24 bits per heavy atom. The van der Waals surface area contributed by atoms with E-state index in [-0.39, 0.29) is 30.0 Å². The van der Waals surface area contributed by atoms with Crippen LogP contribution >= 0.6 is 0 Å². The number of halogens is 2. The average Bonchev–Trinajstić information content (AvgIpc) is 2.86. The predicted molar refractivity (Wildman–Crippen MR) is 159 cm³/mol. The number of carboxylic acids is 1. The third-order valence-corrected chi connectivity index (χ3v) is 6.93. The summed E-state index contributed by atoms with van der Waals surface area (Å²) in [4.78, 5) is 18.4. The highest BCUT2D eigenvalue weighted by molar-refractivity contribution is 5.84. The van der Waals surface area contributed by atoms with Crippen molar-refractivity contribution in [2.75, 3.05) is 24.6 Å². The van der Waals surface area contributed by atoms with Crippen LogP contribution in [-0.2, 0) is 17.6 Å². The number of anilines is 1. The van der Waals surface area contributed by atoms with Gasteiger partial charge >= 0.3 is 5.97 Å². The first-order valence-electron chi connectivity index (χ1n) is 14.0. The Hall–Kier alpha value is -3.52. The minimum absolute atomic E-state index is 0.132. The zero-order chi connectivity index (χ0) is 30.4. The second kappa shape index (κ2) is 13.4. The van der Waals surface area contributed by atoms with Crippen molar-refractivity contribution in [3.8, 4) is 16.9 Å². The van der Waals surface area contributed by atoms with Crippen LogP contribution in [0.1, 0.15) is 64.3 Å². The van der Waals surface area contributed by atoms with E-state index in [1.165, 1.54) is 18.2 Å². The smallest absolute Gasteiger partial charge is 0.307 e. The number of piperidine rings is 1. The number of pyridine rings is 1. The summed E-state index contributed by atoms with van der Waals surface area (Å²) in [5, 5.41) is 18.1. The first-order chi connectivity index (χ1) is 19.1. The fourth-order valence-corrected chi connectivity index (χ4v) is 4.62. The van der Waals surface area contributed by atoms with Crippen molar-refractivity contribution in [2.24, 2.45) is 5.41 Å². The Bertz CT molecular complexity index is 1320. The lowest BCUT2D eigenvalue weighted by Gasteiger charge is -2.40. The van der Waals surface area contributed by atoms with Crippen molar-refractivity contribution >= 4 is 11.7 Å². The zero-order valence-electron chi connectivity index (χ0n) is 24.9. The van der Waals surface area contributed by atoms with Crippen LogP contribution in [0.2, 0.25) is 0 Å². The summed E-state index contributed by atoms with van der Waals surface area (Å²) in [6.45, 7) is 13.4. The van der Waals surface area contributed by atoms with Crippen LogP contribution in [0.4, 0.5) is 14.5 Å². The van der Waals surface area contributed by atoms with Gasteiger partial charge in [-0.05, 0) is 81.3 Å². The van der Waals surface area contributed by atoms with Crippen LogP contribution in [0.3, 0.4) is 0 Å². The van der Waals surface area contributed by atoms with Gasteiger partial charge in [-0.1, -0.05) is 32.0 Å². The number of carboxylic acid groups (broad SMARTS) is 1. The van der Waals surface area contributed by atoms with E-state index in [0.29, 0.717) is 28.8 Å².